The topological polar surface area (TPSA) is 52.7 Å². The van der Waals surface area contributed by atoms with E-state index in [-0.39, 0.29) is 5.91 Å². The zero-order valence-electron chi connectivity index (χ0n) is 14.2. The molecule has 1 aromatic rings. The minimum absolute atomic E-state index is 0.0680. The third-order valence-electron chi connectivity index (χ3n) is 4.47. The van der Waals surface area contributed by atoms with Crippen LogP contribution in [0.3, 0.4) is 0 Å². The van der Waals surface area contributed by atoms with E-state index in [0.29, 0.717) is 6.42 Å². The Morgan fingerprint density at radius 3 is 2.26 bits per heavy atom. The van der Waals surface area contributed by atoms with Gasteiger partial charge in [-0.05, 0) is 24.0 Å². The zero-order valence-corrected chi connectivity index (χ0v) is 14.2. The molecule has 126 valence electrons. The van der Waals surface area contributed by atoms with Gasteiger partial charge in [0.2, 0.25) is 12.3 Å². The van der Waals surface area contributed by atoms with E-state index in [2.05, 4.69) is 42.3 Å². The minimum Gasteiger partial charge on any atom is -0.343 e. The molecule has 0 atom stereocenters. The van der Waals surface area contributed by atoms with Crippen molar-refractivity contribution < 1.29 is 9.59 Å². The molecular weight excluding hydrogens is 290 g/mol. The highest BCUT2D eigenvalue weighted by Gasteiger charge is 2.16. The van der Waals surface area contributed by atoms with E-state index in [1.807, 2.05) is 0 Å². The predicted octanol–water partition coefficient (Wildman–Crippen LogP) is 1.91. The van der Waals surface area contributed by atoms with Crippen molar-refractivity contribution in [1.82, 2.24) is 9.80 Å². The van der Waals surface area contributed by atoms with Crippen LogP contribution in [0.25, 0.3) is 0 Å². The summed E-state index contributed by atoms with van der Waals surface area (Å²) in [6.07, 6.45) is 3.22. The number of hydrogen-bond acceptors (Lipinski definition) is 3. The third kappa shape index (κ3) is 4.79. The second kappa shape index (κ2) is 8.67. The lowest BCUT2D eigenvalue weighted by atomic mass is 10.0. The van der Waals surface area contributed by atoms with E-state index in [9.17, 15) is 9.59 Å². The summed E-state index contributed by atoms with van der Waals surface area (Å²) in [6, 6.07) is 6.21. The summed E-state index contributed by atoms with van der Waals surface area (Å²) in [5, 5.41) is 3.11. The van der Waals surface area contributed by atoms with Crippen LogP contribution >= 0.6 is 0 Å². The normalized spacial score (nSPS) is 15.5. The van der Waals surface area contributed by atoms with Gasteiger partial charge in [-0.2, -0.15) is 0 Å². The van der Waals surface area contributed by atoms with E-state index in [4.69, 9.17) is 0 Å². The fourth-order valence-electron chi connectivity index (χ4n) is 2.96. The minimum atomic E-state index is 0.0680. The number of para-hydroxylation sites is 1. The van der Waals surface area contributed by atoms with Crippen molar-refractivity contribution in [3.63, 3.8) is 0 Å². The fourth-order valence-corrected chi connectivity index (χ4v) is 2.96. The van der Waals surface area contributed by atoms with Crippen molar-refractivity contribution in [3.05, 3.63) is 29.3 Å². The van der Waals surface area contributed by atoms with Gasteiger partial charge in [-0.25, -0.2) is 0 Å². The van der Waals surface area contributed by atoms with Crippen LogP contribution in [-0.2, 0) is 22.4 Å². The Kier molecular flexibility index (Phi) is 6.59. The Bertz CT molecular complexity index is 515. The molecule has 1 aromatic carbocycles. The maximum atomic E-state index is 12.3. The number of aryl methyl sites for hydroxylation is 2. The van der Waals surface area contributed by atoms with Gasteiger partial charge in [0.25, 0.3) is 0 Å². The molecule has 23 heavy (non-hydrogen) atoms. The van der Waals surface area contributed by atoms with Crippen molar-refractivity contribution >= 4 is 18.0 Å². The van der Waals surface area contributed by atoms with Gasteiger partial charge in [-0.15, -0.1) is 0 Å². The van der Waals surface area contributed by atoms with Crippen molar-refractivity contribution in [2.24, 2.45) is 0 Å². The van der Waals surface area contributed by atoms with Gasteiger partial charge in [-0.3, -0.25) is 14.5 Å². The summed E-state index contributed by atoms with van der Waals surface area (Å²) < 4.78 is 0. The van der Waals surface area contributed by atoms with Crippen molar-refractivity contribution in [2.75, 3.05) is 38.0 Å². The van der Waals surface area contributed by atoms with Gasteiger partial charge < -0.3 is 10.2 Å². The predicted molar refractivity (Wildman–Crippen MR) is 92.5 cm³/mol. The first-order valence-electron chi connectivity index (χ1n) is 8.50. The van der Waals surface area contributed by atoms with Crippen LogP contribution in [0.2, 0.25) is 0 Å². The molecule has 0 aromatic heterocycles. The number of nitrogens with one attached hydrogen (secondary N) is 1. The van der Waals surface area contributed by atoms with E-state index in [0.717, 1.165) is 57.7 Å². The standard InChI is InChI=1S/C18H27N3O2/c1-3-15-6-5-7-16(4-2)18(15)19-17(23)8-9-20-10-12-21(14-22)13-11-20/h5-7,14H,3-4,8-13H2,1-2H3,(H,19,23). The number of rotatable bonds is 7. The highest BCUT2D eigenvalue weighted by atomic mass is 16.1. The van der Waals surface area contributed by atoms with Crippen LogP contribution in [0.15, 0.2) is 18.2 Å². The third-order valence-corrected chi connectivity index (χ3v) is 4.47. The second-order valence-electron chi connectivity index (χ2n) is 5.94. The lowest BCUT2D eigenvalue weighted by Gasteiger charge is -2.32. The first kappa shape index (κ1) is 17.5. The monoisotopic (exact) mass is 317 g/mol. The molecule has 0 radical (unpaired) electrons. The lowest BCUT2D eigenvalue weighted by molar-refractivity contribution is -0.120. The highest BCUT2D eigenvalue weighted by Crippen LogP contribution is 2.22. The molecule has 1 N–H and O–H groups in total. The van der Waals surface area contributed by atoms with Gasteiger partial charge in [0.05, 0.1) is 0 Å². The molecule has 2 amide bonds. The molecule has 0 unspecified atom stereocenters. The Morgan fingerprint density at radius 1 is 1.13 bits per heavy atom. The number of benzene rings is 1. The molecule has 5 heteroatoms. The van der Waals surface area contributed by atoms with Crippen molar-refractivity contribution in [1.29, 1.82) is 0 Å². The van der Waals surface area contributed by atoms with Crippen LogP contribution in [0.4, 0.5) is 5.69 Å². The molecule has 0 bridgehead atoms. The summed E-state index contributed by atoms with van der Waals surface area (Å²) in [5.74, 6) is 0.0680. The first-order valence-corrected chi connectivity index (χ1v) is 8.50. The number of nitrogens with zero attached hydrogens (tertiary/aromatic N) is 2. The van der Waals surface area contributed by atoms with Crippen LogP contribution < -0.4 is 5.32 Å². The molecule has 1 aliphatic rings. The van der Waals surface area contributed by atoms with Crippen LogP contribution in [0, 0.1) is 0 Å². The average molecular weight is 317 g/mol. The second-order valence-corrected chi connectivity index (χ2v) is 5.94. The van der Waals surface area contributed by atoms with Gasteiger partial charge >= 0.3 is 0 Å². The Hall–Kier alpha value is -1.88. The molecule has 1 saturated heterocycles. The summed E-state index contributed by atoms with van der Waals surface area (Å²) in [7, 11) is 0. The molecule has 0 saturated carbocycles. The molecule has 1 heterocycles. The Balaban J connectivity index is 1.87. The lowest BCUT2D eigenvalue weighted by Crippen LogP contribution is -2.46. The van der Waals surface area contributed by atoms with Gasteiger partial charge in [0, 0.05) is 44.8 Å². The molecule has 0 aliphatic carbocycles. The largest absolute Gasteiger partial charge is 0.343 e. The average Bonchev–Trinajstić information content (AvgIpc) is 2.60. The van der Waals surface area contributed by atoms with E-state index in [1.54, 1.807) is 4.90 Å². The summed E-state index contributed by atoms with van der Waals surface area (Å²) in [5.41, 5.74) is 3.38. The molecule has 5 nitrogen and oxygen atoms in total. The Morgan fingerprint density at radius 2 is 1.74 bits per heavy atom. The van der Waals surface area contributed by atoms with Gasteiger partial charge in [-0.1, -0.05) is 32.0 Å². The maximum Gasteiger partial charge on any atom is 0.225 e. The van der Waals surface area contributed by atoms with Crippen LogP contribution in [0.1, 0.15) is 31.4 Å². The SMILES string of the molecule is CCc1cccc(CC)c1NC(=O)CCN1CCN(C=O)CC1. The molecular formula is C18H27N3O2. The van der Waals surface area contributed by atoms with Gasteiger partial charge in [0.15, 0.2) is 0 Å². The number of anilines is 1. The smallest absolute Gasteiger partial charge is 0.225 e. The van der Waals surface area contributed by atoms with Crippen molar-refractivity contribution in [3.8, 4) is 0 Å². The Labute approximate surface area is 138 Å². The number of hydrogen-bond donors (Lipinski definition) is 1. The fraction of sp³-hybridized carbons (Fsp3) is 0.556. The van der Waals surface area contributed by atoms with Crippen LogP contribution in [-0.4, -0.2) is 54.8 Å². The van der Waals surface area contributed by atoms with Crippen molar-refractivity contribution in [2.45, 2.75) is 33.1 Å². The molecule has 0 spiro atoms. The zero-order chi connectivity index (χ0) is 16.7. The number of piperazine rings is 1. The summed E-state index contributed by atoms with van der Waals surface area (Å²) in [6.45, 7) is 8.16. The number of carbonyl (C=O) groups excluding carboxylic acids is 2. The van der Waals surface area contributed by atoms with Crippen LogP contribution in [0.5, 0.6) is 0 Å². The first-order chi connectivity index (χ1) is 11.2. The summed E-state index contributed by atoms with van der Waals surface area (Å²) >= 11 is 0. The maximum absolute atomic E-state index is 12.3. The molecule has 2 rings (SSSR count). The van der Waals surface area contributed by atoms with E-state index in [1.165, 1.54) is 11.1 Å². The molecule has 1 fully saturated rings. The van der Waals surface area contributed by atoms with E-state index >= 15 is 0 Å². The van der Waals surface area contributed by atoms with E-state index < -0.39 is 0 Å². The quantitative estimate of drug-likeness (QED) is 0.782. The summed E-state index contributed by atoms with van der Waals surface area (Å²) in [4.78, 5) is 27.0. The van der Waals surface area contributed by atoms with Gasteiger partial charge in [0.1, 0.15) is 0 Å². The number of carbonyl (C=O) groups is 2. The highest BCUT2D eigenvalue weighted by molar-refractivity contribution is 5.92. The number of amides is 2. The molecule has 1 aliphatic heterocycles.